The number of aromatic nitrogens is 2. The summed E-state index contributed by atoms with van der Waals surface area (Å²) >= 11 is 3.31. The van der Waals surface area contributed by atoms with Crippen LogP contribution in [0.5, 0.6) is 5.75 Å². The molecule has 0 aliphatic carbocycles. The average molecular weight is 407 g/mol. The van der Waals surface area contributed by atoms with Crippen LogP contribution < -0.4 is 10.5 Å². The number of ketones is 1. The average Bonchev–Trinajstić information content (AvgIpc) is 2.96. The van der Waals surface area contributed by atoms with Crippen LogP contribution in [0.15, 0.2) is 56.1 Å². The summed E-state index contributed by atoms with van der Waals surface area (Å²) in [5.41, 5.74) is 0.836. The van der Waals surface area contributed by atoms with Crippen molar-refractivity contribution in [1.82, 2.24) is 9.78 Å². The van der Waals surface area contributed by atoms with Crippen LogP contribution in [-0.2, 0) is 6.54 Å². The van der Waals surface area contributed by atoms with Crippen LogP contribution in [0.25, 0.3) is 11.5 Å². The summed E-state index contributed by atoms with van der Waals surface area (Å²) < 4.78 is 24.7. The Kier molecular flexibility index (Phi) is 4.80. The smallest absolute Gasteiger partial charge is 0.437 e. The minimum Gasteiger partial charge on any atom is -0.496 e. The molecule has 3 aromatic rings. The second-order valence-corrected chi connectivity index (χ2v) is 5.96. The first-order valence-corrected chi connectivity index (χ1v) is 7.98. The summed E-state index contributed by atoms with van der Waals surface area (Å²) in [5, 5.41) is 3.99. The molecule has 0 aliphatic rings. The van der Waals surface area contributed by atoms with Gasteiger partial charge < -0.3 is 9.15 Å². The number of benzene rings is 2. The molecule has 0 N–H and O–H groups in total. The second-order valence-electron chi connectivity index (χ2n) is 5.11. The van der Waals surface area contributed by atoms with Gasteiger partial charge in [0.1, 0.15) is 18.1 Å². The topological polar surface area (TPSA) is 74.3 Å². The van der Waals surface area contributed by atoms with Crippen LogP contribution in [0.3, 0.4) is 0 Å². The number of hydrogen-bond donors (Lipinski definition) is 0. The van der Waals surface area contributed by atoms with Gasteiger partial charge in [-0.3, -0.25) is 4.79 Å². The van der Waals surface area contributed by atoms with E-state index in [9.17, 15) is 14.0 Å². The van der Waals surface area contributed by atoms with Gasteiger partial charge in [-0.05, 0) is 58.4 Å². The van der Waals surface area contributed by atoms with E-state index in [4.69, 9.17) is 9.15 Å². The lowest BCUT2D eigenvalue weighted by Gasteiger charge is -2.05. The molecule has 8 heteroatoms. The molecule has 0 radical (unpaired) electrons. The van der Waals surface area contributed by atoms with Crippen molar-refractivity contribution in [2.75, 3.05) is 7.11 Å². The monoisotopic (exact) mass is 406 g/mol. The minimum atomic E-state index is -0.764. The van der Waals surface area contributed by atoms with Gasteiger partial charge >= 0.3 is 5.76 Å². The van der Waals surface area contributed by atoms with Crippen LogP contribution in [0, 0.1) is 5.82 Å². The Hall–Kier alpha value is -2.74. The fourth-order valence-electron chi connectivity index (χ4n) is 2.18. The molecule has 128 valence electrons. The van der Waals surface area contributed by atoms with Gasteiger partial charge in [-0.1, -0.05) is 0 Å². The highest BCUT2D eigenvalue weighted by Gasteiger charge is 2.15. The van der Waals surface area contributed by atoms with E-state index >= 15 is 0 Å². The van der Waals surface area contributed by atoms with Gasteiger partial charge in [0.15, 0.2) is 5.78 Å². The third kappa shape index (κ3) is 3.69. The van der Waals surface area contributed by atoms with Crippen molar-refractivity contribution in [1.29, 1.82) is 0 Å². The first kappa shape index (κ1) is 17.1. The van der Waals surface area contributed by atoms with E-state index in [0.717, 1.165) is 4.68 Å². The molecule has 2 aromatic carbocycles. The van der Waals surface area contributed by atoms with Gasteiger partial charge in [-0.2, -0.15) is 4.68 Å². The molecule has 0 aliphatic heterocycles. The lowest BCUT2D eigenvalue weighted by molar-refractivity contribution is 0.0965. The van der Waals surface area contributed by atoms with Gasteiger partial charge in [0.25, 0.3) is 0 Å². The van der Waals surface area contributed by atoms with Crippen LogP contribution in [0.4, 0.5) is 4.39 Å². The molecule has 0 unspecified atom stereocenters. The fraction of sp³-hybridized carbons (Fsp3) is 0.118. The maximum atomic E-state index is 13.0. The predicted octanol–water partition coefficient (Wildman–Crippen LogP) is 3.30. The maximum absolute atomic E-state index is 13.0. The molecule has 6 nitrogen and oxygen atoms in total. The van der Waals surface area contributed by atoms with E-state index in [1.54, 1.807) is 18.2 Å². The van der Waals surface area contributed by atoms with Gasteiger partial charge in [0, 0.05) is 11.1 Å². The zero-order chi connectivity index (χ0) is 18.0. The third-order valence-electron chi connectivity index (χ3n) is 3.46. The molecule has 0 saturated carbocycles. The van der Waals surface area contributed by atoms with Crippen molar-refractivity contribution < 1.29 is 18.3 Å². The van der Waals surface area contributed by atoms with E-state index in [0.29, 0.717) is 21.3 Å². The largest absolute Gasteiger partial charge is 0.496 e. The third-order valence-corrected chi connectivity index (χ3v) is 4.08. The number of rotatable bonds is 5. The first-order chi connectivity index (χ1) is 12.0. The van der Waals surface area contributed by atoms with Crippen LogP contribution >= 0.6 is 15.9 Å². The van der Waals surface area contributed by atoms with E-state index in [1.807, 2.05) is 0 Å². The van der Waals surface area contributed by atoms with Crippen molar-refractivity contribution in [3.8, 4) is 17.2 Å². The number of Topliss-reactive ketones (excluding diaryl/α,β-unsaturated/α-hetero) is 1. The van der Waals surface area contributed by atoms with Crippen LogP contribution in [0.2, 0.25) is 0 Å². The molecule has 1 aromatic heterocycles. The normalized spacial score (nSPS) is 10.7. The fourth-order valence-corrected chi connectivity index (χ4v) is 2.72. The molecular weight excluding hydrogens is 395 g/mol. The van der Waals surface area contributed by atoms with Crippen molar-refractivity contribution in [3.05, 3.63) is 68.9 Å². The Morgan fingerprint density at radius 3 is 2.64 bits per heavy atom. The van der Waals surface area contributed by atoms with Crippen molar-refractivity contribution >= 4 is 21.7 Å². The number of hydrogen-bond acceptors (Lipinski definition) is 5. The molecule has 3 rings (SSSR count). The van der Waals surface area contributed by atoms with Crippen molar-refractivity contribution in [2.45, 2.75) is 6.54 Å². The highest BCUT2D eigenvalue weighted by Crippen LogP contribution is 2.25. The zero-order valence-corrected chi connectivity index (χ0v) is 14.6. The van der Waals surface area contributed by atoms with Gasteiger partial charge in [0.2, 0.25) is 5.89 Å². The minimum absolute atomic E-state index is 0.0220. The molecule has 0 fully saturated rings. The molecule has 0 atom stereocenters. The Morgan fingerprint density at radius 2 is 2.00 bits per heavy atom. The molecule has 0 amide bonds. The lowest BCUT2D eigenvalue weighted by atomic mass is 10.1. The van der Waals surface area contributed by atoms with E-state index in [1.165, 1.54) is 31.4 Å². The summed E-state index contributed by atoms with van der Waals surface area (Å²) in [4.78, 5) is 24.2. The zero-order valence-electron chi connectivity index (χ0n) is 13.0. The van der Waals surface area contributed by atoms with E-state index < -0.39 is 11.6 Å². The second kappa shape index (κ2) is 7.02. The molecule has 1 heterocycles. The standard InChI is InChI=1S/C17H12BrFN2O4/c1-24-15-7-4-11(8-13(15)18)14(22)9-21-17(23)25-16(20-21)10-2-5-12(19)6-3-10/h2-8H,9H2,1H3. The summed E-state index contributed by atoms with van der Waals surface area (Å²) in [5.74, 6) is -0.877. The summed E-state index contributed by atoms with van der Waals surface area (Å²) in [6.45, 7) is -0.275. The molecule has 0 saturated heterocycles. The van der Waals surface area contributed by atoms with Gasteiger partial charge in [-0.25, -0.2) is 9.18 Å². The van der Waals surface area contributed by atoms with E-state index in [2.05, 4.69) is 21.0 Å². The SMILES string of the molecule is COc1ccc(C(=O)Cn2nc(-c3ccc(F)cc3)oc2=O)cc1Br. The molecule has 25 heavy (non-hydrogen) atoms. The predicted molar refractivity (Wildman–Crippen MR) is 91.2 cm³/mol. The Morgan fingerprint density at radius 1 is 1.28 bits per heavy atom. The van der Waals surface area contributed by atoms with E-state index in [-0.39, 0.29) is 18.2 Å². The first-order valence-electron chi connectivity index (χ1n) is 7.18. The Labute approximate surface area is 150 Å². The number of halogens is 2. The highest BCUT2D eigenvalue weighted by atomic mass is 79.9. The van der Waals surface area contributed by atoms with Gasteiger partial charge in [0.05, 0.1) is 11.6 Å². The molecule has 0 bridgehead atoms. The number of carbonyl (C=O) groups excluding carboxylic acids is 1. The maximum Gasteiger partial charge on any atom is 0.437 e. The number of ether oxygens (including phenoxy) is 1. The summed E-state index contributed by atoms with van der Waals surface area (Å²) in [7, 11) is 1.52. The Bertz CT molecular complexity index is 979. The number of nitrogens with zero attached hydrogens (tertiary/aromatic N) is 2. The van der Waals surface area contributed by atoms with Crippen LogP contribution in [-0.4, -0.2) is 22.7 Å². The summed E-state index contributed by atoms with van der Waals surface area (Å²) in [6, 6.07) is 10.2. The lowest BCUT2D eigenvalue weighted by Crippen LogP contribution is -2.21. The molecular formula is C17H12BrFN2O4. The quantitative estimate of drug-likeness (QED) is 0.607. The van der Waals surface area contributed by atoms with Crippen molar-refractivity contribution in [2.24, 2.45) is 0 Å². The van der Waals surface area contributed by atoms with Crippen LogP contribution in [0.1, 0.15) is 10.4 Å². The van der Waals surface area contributed by atoms with Gasteiger partial charge in [-0.15, -0.1) is 5.10 Å². The number of carbonyl (C=O) groups is 1. The number of methoxy groups -OCH3 is 1. The highest BCUT2D eigenvalue weighted by molar-refractivity contribution is 9.10. The molecule has 0 spiro atoms. The Balaban J connectivity index is 1.83. The summed E-state index contributed by atoms with van der Waals surface area (Å²) in [6.07, 6.45) is 0. The van der Waals surface area contributed by atoms with Crippen molar-refractivity contribution in [3.63, 3.8) is 0 Å².